The van der Waals surface area contributed by atoms with Crippen molar-refractivity contribution in [3.05, 3.63) is 35.9 Å². The van der Waals surface area contributed by atoms with E-state index in [9.17, 15) is 4.79 Å². The van der Waals surface area contributed by atoms with Gasteiger partial charge in [0.05, 0.1) is 0 Å². The van der Waals surface area contributed by atoms with E-state index in [-0.39, 0.29) is 5.91 Å². The first kappa shape index (κ1) is 11.1. The molecule has 0 atom stereocenters. The van der Waals surface area contributed by atoms with Gasteiger partial charge in [-0.05, 0) is 12.1 Å². The molecule has 16 heavy (non-hydrogen) atoms. The number of rotatable bonds is 0. The van der Waals surface area contributed by atoms with Gasteiger partial charge in [0.15, 0.2) is 0 Å². The molecule has 2 nitrogen and oxygen atoms in total. The molecular formula is C13H13NOS. The third-order valence-corrected chi connectivity index (χ3v) is 3.33. The molecule has 0 saturated carbocycles. The SMILES string of the molecule is O=C(C#Cc1ccccc1)N1CCSCC1. The van der Waals surface area contributed by atoms with Gasteiger partial charge in [0.2, 0.25) is 0 Å². The van der Waals surface area contributed by atoms with E-state index in [1.165, 1.54) is 0 Å². The number of amides is 1. The van der Waals surface area contributed by atoms with Crippen LogP contribution in [0.1, 0.15) is 5.56 Å². The topological polar surface area (TPSA) is 20.3 Å². The van der Waals surface area contributed by atoms with Crippen molar-refractivity contribution >= 4 is 17.7 Å². The molecule has 3 heteroatoms. The van der Waals surface area contributed by atoms with Crippen LogP contribution >= 0.6 is 11.8 Å². The molecule has 1 amide bonds. The van der Waals surface area contributed by atoms with Gasteiger partial charge in [0, 0.05) is 36.1 Å². The number of nitrogens with zero attached hydrogens (tertiary/aromatic N) is 1. The molecule has 0 N–H and O–H groups in total. The van der Waals surface area contributed by atoms with Crippen LogP contribution in [-0.4, -0.2) is 35.4 Å². The summed E-state index contributed by atoms with van der Waals surface area (Å²) < 4.78 is 0. The Labute approximate surface area is 100 Å². The molecule has 2 rings (SSSR count). The summed E-state index contributed by atoms with van der Waals surface area (Å²) in [6, 6.07) is 9.60. The Kier molecular flexibility index (Phi) is 3.90. The van der Waals surface area contributed by atoms with Gasteiger partial charge in [0.1, 0.15) is 0 Å². The Hall–Kier alpha value is -1.40. The van der Waals surface area contributed by atoms with Crippen LogP contribution in [0.3, 0.4) is 0 Å². The summed E-state index contributed by atoms with van der Waals surface area (Å²) in [5.74, 6) is 7.59. The monoisotopic (exact) mass is 231 g/mol. The lowest BCUT2D eigenvalue weighted by atomic mass is 10.2. The van der Waals surface area contributed by atoms with Gasteiger partial charge in [-0.3, -0.25) is 4.79 Å². The van der Waals surface area contributed by atoms with Gasteiger partial charge in [-0.25, -0.2) is 0 Å². The predicted octanol–water partition coefficient (Wildman–Crippen LogP) is 1.61. The molecule has 1 aliphatic heterocycles. The highest BCUT2D eigenvalue weighted by atomic mass is 32.2. The maximum absolute atomic E-state index is 11.7. The maximum Gasteiger partial charge on any atom is 0.298 e. The zero-order valence-electron chi connectivity index (χ0n) is 8.98. The first-order valence-corrected chi connectivity index (χ1v) is 6.45. The number of thioether (sulfide) groups is 1. The maximum atomic E-state index is 11.7. The summed E-state index contributed by atoms with van der Waals surface area (Å²) in [6.07, 6.45) is 0. The highest BCUT2D eigenvalue weighted by molar-refractivity contribution is 7.99. The van der Waals surface area contributed by atoms with Crippen LogP contribution < -0.4 is 0 Å². The predicted molar refractivity (Wildman–Crippen MR) is 67.2 cm³/mol. The van der Waals surface area contributed by atoms with Gasteiger partial charge in [-0.15, -0.1) is 0 Å². The molecule has 1 aliphatic rings. The summed E-state index contributed by atoms with van der Waals surface area (Å²) in [6.45, 7) is 1.65. The number of hydrogen-bond donors (Lipinski definition) is 0. The van der Waals surface area contributed by atoms with Crippen LogP contribution in [0, 0.1) is 11.8 Å². The van der Waals surface area contributed by atoms with Crippen molar-refractivity contribution in [3.63, 3.8) is 0 Å². The number of carbonyl (C=O) groups is 1. The molecule has 82 valence electrons. The minimum Gasteiger partial charge on any atom is -0.330 e. The van der Waals surface area contributed by atoms with E-state index in [2.05, 4.69) is 11.8 Å². The zero-order valence-corrected chi connectivity index (χ0v) is 9.80. The van der Waals surface area contributed by atoms with E-state index in [1.54, 1.807) is 0 Å². The summed E-state index contributed by atoms with van der Waals surface area (Å²) >= 11 is 1.89. The van der Waals surface area contributed by atoms with E-state index in [0.29, 0.717) is 0 Å². The van der Waals surface area contributed by atoms with Crippen molar-refractivity contribution in [1.29, 1.82) is 0 Å². The first-order valence-electron chi connectivity index (χ1n) is 5.30. The van der Waals surface area contributed by atoms with E-state index >= 15 is 0 Å². The van der Waals surface area contributed by atoms with Crippen LogP contribution in [-0.2, 0) is 4.79 Å². The molecule has 1 fully saturated rings. The van der Waals surface area contributed by atoms with Crippen LogP contribution in [0.4, 0.5) is 0 Å². The van der Waals surface area contributed by atoms with Crippen molar-refractivity contribution in [2.24, 2.45) is 0 Å². The molecule has 1 saturated heterocycles. The molecule has 0 bridgehead atoms. The lowest BCUT2D eigenvalue weighted by molar-refractivity contribution is -0.124. The van der Waals surface area contributed by atoms with Gasteiger partial charge in [-0.1, -0.05) is 24.1 Å². The quantitative estimate of drug-likeness (QED) is 0.632. The van der Waals surface area contributed by atoms with Crippen molar-refractivity contribution in [2.75, 3.05) is 24.6 Å². The second-order valence-electron chi connectivity index (χ2n) is 3.52. The standard InChI is InChI=1S/C13H13NOS/c15-13(14-8-10-16-11-9-14)7-6-12-4-2-1-3-5-12/h1-5H,8-11H2. The van der Waals surface area contributed by atoms with Crippen LogP contribution in [0.5, 0.6) is 0 Å². The smallest absolute Gasteiger partial charge is 0.298 e. The lowest BCUT2D eigenvalue weighted by Crippen LogP contribution is -2.37. The second-order valence-corrected chi connectivity index (χ2v) is 4.75. The summed E-state index contributed by atoms with van der Waals surface area (Å²) in [5.41, 5.74) is 0.891. The van der Waals surface area contributed by atoms with Gasteiger partial charge in [0.25, 0.3) is 5.91 Å². The van der Waals surface area contributed by atoms with E-state index in [4.69, 9.17) is 0 Å². The van der Waals surface area contributed by atoms with Crippen molar-refractivity contribution in [2.45, 2.75) is 0 Å². The third kappa shape index (κ3) is 3.04. The Morgan fingerprint density at radius 3 is 2.56 bits per heavy atom. The zero-order chi connectivity index (χ0) is 11.2. The fourth-order valence-corrected chi connectivity index (χ4v) is 2.40. The van der Waals surface area contributed by atoms with Crippen LogP contribution in [0.2, 0.25) is 0 Å². The van der Waals surface area contributed by atoms with Gasteiger partial charge < -0.3 is 4.90 Å². The molecule has 1 heterocycles. The fourth-order valence-electron chi connectivity index (χ4n) is 1.49. The summed E-state index contributed by atoms with van der Waals surface area (Å²) in [4.78, 5) is 13.5. The Morgan fingerprint density at radius 1 is 1.19 bits per heavy atom. The summed E-state index contributed by atoms with van der Waals surface area (Å²) in [7, 11) is 0. The van der Waals surface area contributed by atoms with Gasteiger partial charge >= 0.3 is 0 Å². The first-order chi connectivity index (χ1) is 7.86. The number of hydrogen-bond acceptors (Lipinski definition) is 2. The fraction of sp³-hybridized carbons (Fsp3) is 0.308. The normalized spacial score (nSPS) is 15.1. The Morgan fingerprint density at radius 2 is 1.88 bits per heavy atom. The molecule has 1 aromatic carbocycles. The average molecular weight is 231 g/mol. The summed E-state index contributed by atoms with van der Waals surface area (Å²) in [5, 5.41) is 0. The minimum atomic E-state index is -0.0517. The number of benzene rings is 1. The van der Waals surface area contributed by atoms with E-state index in [1.807, 2.05) is 47.0 Å². The Balaban J connectivity index is 1.99. The molecule has 1 aromatic rings. The molecule has 0 aromatic heterocycles. The highest BCUT2D eigenvalue weighted by Gasteiger charge is 2.14. The molecule has 0 unspecified atom stereocenters. The Bertz CT molecular complexity index is 413. The van der Waals surface area contributed by atoms with Crippen LogP contribution in [0.15, 0.2) is 30.3 Å². The van der Waals surface area contributed by atoms with Crippen molar-refractivity contribution < 1.29 is 4.79 Å². The largest absolute Gasteiger partial charge is 0.330 e. The molecular weight excluding hydrogens is 218 g/mol. The average Bonchev–Trinajstić information content (AvgIpc) is 2.38. The van der Waals surface area contributed by atoms with Crippen molar-refractivity contribution in [1.82, 2.24) is 4.90 Å². The van der Waals surface area contributed by atoms with E-state index < -0.39 is 0 Å². The molecule has 0 radical (unpaired) electrons. The molecule has 0 aliphatic carbocycles. The third-order valence-electron chi connectivity index (χ3n) is 2.39. The van der Waals surface area contributed by atoms with E-state index in [0.717, 1.165) is 30.2 Å². The molecule has 0 spiro atoms. The lowest BCUT2D eigenvalue weighted by Gasteiger charge is -2.23. The van der Waals surface area contributed by atoms with Crippen molar-refractivity contribution in [3.8, 4) is 11.8 Å². The van der Waals surface area contributed by atoms with Gasteiger partial charge in [-0.2, -0.15) is 11.8 Å². The van der Waals surface area contributed by atoms with Crippen LogP contribution in [0.25, 0.3) is 0 Å². The minimum absolute atomic E-state index is 0.0517. The number of carbonyl (C=O) groups excluding carboxylic acids is 1. The highest BCUT2D eigenvalue weighted by Crippen LogP contribution is 2.08. The second kappa shape index (κ2) is 5.62.